The van der Waals surface area contributed by atoms with Crippen molar-refractivity contribution in [1.29, 1.82) is 0 Å². The molecule has 1 saturated heterocycles. The number of esters is 2. The molecule has 1 aliphatic carbocycles. The Kier molecular flexibility index (Phi) is 7.78. The number of hydrogen-bond donors (Lipinski definition) is 2. The number of carbonyl (C=O) groups is 4. The number of carboxylic acids is 1. The van der Waals surface area contributed by atoms with Gasteiger partial charge in [-0.15, -0.1) is 0 Å². The Hall–Kier alpha value is -2.02. The lowest BCUT2D eigenvalue weighted by molar-refractivity contribution is -0.154. The average Bonchev–Trinajstić information content (AvgIpc) is 2.82. The van der Waals surface area contributed by atoms with Gasteiger partial charge in [-0.3, -0.25) is 9.59 Å². The first kappa shape index (κ1) is 20.0. The van der Waals surface area contributed by atoms with Crippen molar-refractivity contribution < 1.29 is 29.0 Å². The van der Waals surface area contributed by atoms with Crippen molar-refractivity contribution in [3.63, 3.8) is 0 Å². The highest BCUT2D eigenvalue weighted by atomic mass is 16.6. The van der Waals surface area contributed by atoms with Crippen LogP contribution in [0.2, 0.25) is 0 Å². The predicted molar refractivity (Wildman–Crippen MR) is 86.1 cm³/mol. The van der Waals surface area contributed by atoms with Gasteiger partial charge in [-0.25, -0.2) is 9.59 Å². The standard InChI is InChI=1S/C11H19NO.C6H6O5/c1-2-3-4-5-11-6-10(13)9(11)7-12-8-11;1-4(7)11-6(10)3-2-5(8)9/h9,12H,2-8H2,1H3;2-3H,1H3,(H,8,9)/b;3-2+. The van der Waals surface area contributed by atoms with Gasteiger partial charge in [0, 0.05) is 49.9 Å². The largest absolute Gasteiger partial charge is 0.478 e. The fraction of sp³-hybridized carbons (Fsp3) is 0.647. The van der Waals surface area contributed by atoms with Crippen molar-refractivity contribution in [2.45, 2.75) is 46.0 Å². The maximum atomic E-state index is 11.3. The molecule has 2 rings (SSSR count). The Morgan fingerprint density at radius 1 is 1.33 bits per heavy atom. The second-order valence-corrected chi connectivity index (χ2v) is 6.23. The van der Waals surface area contributed by atoms with Crippen LogP contribution in [-0.4, -0.2) is 41.9 Å². The number of aliphatic carboxylic acids is 1. The lowest BCUT2D eigenvalue weighted by Gasteiger charge is -2.42. The first-order valence-electron chi connectivity index (χ1n) is 8.17. The normalized spacial score (nSPS) is 24.6. The van der Waals surface area contributed by atoms with Gasteiger partial charge in [-0.1, -0.05) is 26.2 Å². The zero-order valence-corrected chi connectivity index (χ0v) is 14.2. The molecule has 0 amide bonds. The molecule has 0 aromatic carbocycles. The summed E-state index contributed by atoms with van der Waals surface area (Å²) < 4.78 is 3.97. The molecule has 0 aromatic heterocycles. The third kappa shape index (κ3) is 5.88. The minimum atomic E-state index is -1.27. The number of hydrogen-bond acceptors (Lipinski definition) is 6. The van der Waals surface area contributed by atoms with E-state index in [4.69, 9.17) is 5.11 Å². The molecule has 1 aliphatic heterocycles. The van der Waals surface area contributed by atoms with Crippen molar-refractivity contribution in [2.75, 3.05) is 13.1 Å². The minimum Gasteiger partial charge on any atom is -0.478 e. The molecule has 7 nitrogen and oxygen atoms in total. The summed E-state index contributed by atoms with van der Waals surface area (Å²) in [4.78, 5) is 41.6. The van der Waals surface area contributed by atoms with E-state index in [1.54, 1.807) is 0 Å². The van der Waals surface area contributed by atoms with Crippen LogP contribution in [-0.2, 0) is 23.9 Å². The molecule has 134 valence electrons. The first-order valence-corrected chi connectivity index (χ1v) is 8.17. The van der Waals surface area contributed by atoms with E-state index >= 15 is 0 Å². The molecule has 2 N–H and O–H groups in total. The van der Waals surface area contributed by atoms with E-state index in [0.29, 0.717) is 29.3 Å². The monoisotopic (exact) mass is 339 g/mol. The summed E-state index contributed by atoms with van der Waals surface area (Å²) in [5, 5.41) is 11.4. The fourth-order valence-corrected chi connectivity index (χ4v) is 3.18. The van der Waals surface area contributed by atoms with Crippen molar-refractivity contribution >= 4 is 23.7 Å². The highest BCUT2D eigenvalue weighted by Crippen LogP contribution is 2.49. The second-order valence-electron chi connectivity index (χ2n) is 6.23. The molecule has 24 heavy (non-hydrogen) atoms. The Balaban J connectivity index is 0.000000245. The van der Waals surface area contributed by atoms with Gasteiger partial charge in [-0.05, 0) is 6.42 Å². The zero-order valence-electron chi connectivity index (χ0n) is 14.2. The van der Waals surface area contributed by atoms with Gasteiger partial charge < -0.3 is 15.2 Å². The summed E-state index contributed by atoms with van der Waals surface area (Å²) in [6.07, 6.45) is 7.28. The SMILES string of the molecule is CC(=O)OC(=O)/C=C/C(=O)O.CCCCCC12CNCC1C(=O)C2. The Labute approximate surface area is 141 Å². The van der Waals surface area contributed by atoms with Crippen LogP contribution in [0, 0.1) is 11.3 Å². The van der Waals surface area contributed by atoms with Gasteiger partial charge in [-0.2, -0.15) is 0 Å². The van der Waals surface area contributed by atoms with E-state index in [1.165, 1.54) is 25.7 Å². The van der Waals surface area contributed by atoms with Crippen LogP contribution >= 0.6 is 0 Å². The first-order chi connectivity index (χ1) is 11.3. The lowest BCUT2D eigenvalue weighted by atomic mass is 9.59. The average molecular weight is 339 g/mol. The van der Waals surface area contributed by atoms with Crippen LogP contribution in [0.25, 0.3) is 0 Å². The van der Waals surface area contributed by atoms with E-state index in [9.17, 15) is 19.2 Å². The zero-order chi connectivity index (χ0) is 18.2. The van der Waals surface area contributed by atoms with E-state index in [1.807, 2.05) is 0 Å². The molecule has 2 atom stereocenters. The quantitative estimate of drug-likeness (QED) is 0.326. The molecule has 1 heterocycles. The van der Waals surface area contributed by atoms with E-state index in [0.717, 1.165) is 26.4 Å². The number of rotatable bonds is 6. The Morgan fingerprint density at radius 3 is 2.58 bits per heavy atom. The summed E-state index contributed by atoms with van der Waals surface area (Å²) in [5.74, 6) is -2.15. The molecule has 7 heteroatoms. The third-order valence-corrected chi connectivity index (χ3v) is 4.36. The molecular formula is C17H25NO6. The smallest absolute Gasteiger partial charge is 0.338 e. The molecular weight excluding hydrogens is 314 g/mol. The number of ketones is 1. The molecule has 0 bridgehead atoms. The van der Waals surface area contributed by atoms with Crippen molar-refractivity contribution in [3.05, 3.63) is 12.2 Å². The van der Waals surface area contributed by atoms with Gasteiger partial charge in [0.05, 0.1) is 0 Å². The van der Waals surface area contributed by atoms with E-state index < -0.39 is 17.9 Å². The molecule has 0 spiro atoms. The van der Waals surface area contributed by atoms with Crippen LogP contribution in [0.15, 0.2) is 12.2 Å². The van der Waals surface area contributed by atoms with Crippen LogP contribution in [0.1, 0.15) is 46.0 Å². The van der Waals surface area contributed by atoms with E-state index in [-0.39, 0.29) is 0 Å². The fourth-order valence-electron chi connectivity index (χ4n) is 3.18. The number of fused-ring (bicyclic) bond motifs is 1. The maximum absolute atomic E-state index is 11.3. The molecule has 0 radical (unpaired) electrons. The molecule has 2 unspecified atom stereocenters. The summed E-state index contributed by atoms with van der Waals surface area (Å²) in [6, 6.07) is 0. The summed E-state index contributed by atoms with van der Waals surface area (Å²) in [5.41, 5.74) is 0.395. The number of carboxylic acid groups (broad SMARTS) is 1. The number of Topliss-reactive ketones (excluding diaryl/α,β-unsaturated/α-hetero) is 1. The number of ether oxygens (including phenoxy) is 1. The highest BCUT2D eigenvalue weighted by molar-refractivity contribution is 5.95. The minimum absolute atomic E-state index is 0.379. The summed E-state index contributed by atoms with van der Waals surface area (Å²) in [7, 11) is 0. The van der Waals surface area contributed by atoms with Gasteiger partial charge >= 0.3 is 17.9 Å². The predicted octanol–water partition coefficient (Wildman–Crippen LogP) is 1.46. The van der Waals surface area contributed by atoms with Crippen LogP contribution in [0.4, 0.5) is 0 Å². The van der Waals surface area contributed by atoms with Gasteiger partial charge in [0.2, 0.25) is 0 Å². The molecule has 1 saturated carbocycles. The van der Waals surface area contributed by atoms with Crippen LogP contribution in [0.5, 0.6) is 0 Å². The Morgan fingerprint density at radius 2 is 2.04 bits per heavy atom. The van der Waals surface area contributed by atoms with Crippen molar-refractivity contribution in [3.8, 4) is 0 Å². The van der Waals surface area contributed by atoms with Gasteiger partial charge in [0.15, 0.2) is 0 Å². The van der Waals surface area contributed by atoms with Crippen molar-refractivity contribution in [2.24, 2.45) is 11.3 Å². The Bertz CT molecular complexity index is 527. The van der Waals surface area contributed by atoms with Crippen LogP contribution in [0.3, 0.4) is 0 Å². The number of nitrogens with one attached hydrogen (secondary N) is 1. The summed E-state index contributed by atoms with van der Waals surface area (Å²) >= 11 is 0. The number of unbranched alkanes of at least 4 members (excludes halogenated alkanes) is 2. The molecule has 2 fully saturated rings. The summed E-state index contributed by atoms with van der Waals surface area (Å²) in [6.45, 7) is 5.32. The maximum Gasteiger partial charge on any atom is 0.338 e. The lowest BCUT2D eigenvalue weighted by Crippen LogP contribution is -2.47. The molecule has 0 aromatic rings. The van der Waals surface area contributed by atoms with Crippen LogP contribution < -0.4 is 5.32 Å². The number of carbonyl (C=O) groups excluding carboxylic acids is 3. The van der Waals surface area contributed by atoms with Crippen molar-refractivity contribution in [1.82, 2.24) is 5.32 Å². The second kappa shape index (κ2) is 9.32. The van der Waals surface area contributed by atoms with Gasteiger partial charge in [0.1, 0.15) is 5.78 Å². The highest BCUT2D eigenvalue weighted by Gasteiger charge is 2.55. The van der Waals surface area contributed by atoms with E-state index in [2.05, 4.69) is 17.0 Å². The molecule has 2 aliphatic rings. The topological polar surface area (TPSA) is 110 Å². The van der Waals surface area contributed by atoms with Gasteiger partial charge in [0.25, 0.3) is 0 Å². The third-order valence-electron chi connectivity index (χ3n) is 4.36.